The van der Waals surface area contributed by atoms with Crippen LogP contribution in [0.15, 0.2) is 48.5 Å². The molecule has 0 saturated heterocycles. The summed E-state index contributed by atoms with van der Waals surface area (Å²) >= 11 is 5.63. The summed E-state index contributed by atoms with van der Waals surface area (Å²) < 4.78 is 13.5. The Hall–Kier alpha value is -1.91. The third-order valence-electron chi connectivity index (χ3n) is 2.63. The molecule has 0 aromatic heterocycles. The Labute approximate surface area is 115 Å². The normalized spacial score (nSPS) is 11.9. The third kappa shape index (κ3) is 3.30. The molecule has 0 aliphatic carbocycles. The number of halogens is 2. The first kappa shape index (κ1) is 13.5. The number of hydrogen-bond acceptors (Lipinski definition) is 2. The van der Waals surface area contributed by atoms with Gasteiger partial charge in [-0.3, -0.25) is 4.79 Å². The smallest absolute Gasteiger partial charge is 0.245 e. The Morgan fingerprint density at radius 1 is 1.21 bits per heavy atom. The van der Waals surface area contributed by atoms with Crippen molar-refractivity contribution in [3.63, 3.8) is 0 Å². The van der Waals surface area contributed by atoms with Gasteiger partial charge in [0, 0.05) is 5.02 Å². The zero-order chi connectivity index (χ0) is 13.8. The van der Waals surface area contributed by atoms with E-state index in [-0.39, 0.29) is 10.7 Å². The predicted molar refractivity (Wildman–Crippen MR) is 73.4 cm³/mol. The second kappa shape index (κ2) is 5.82. The summed E-state index contributed by atoms with van der Waals surface area (Å²) in [7, 11) is 0. The highest BCUT2D eigenvalue weighted by Gasteiger charge is 2.16. The highest BCUT2D eigenvalue weighted by molar-refractivity contribution is 6.30. The number of hydrogen-bond donors (Lipinski definition) is 2. The first-order valence-electron chi connectivity index (χ1n) is 5.64. The minimum Gasteiger partial charge on any atom is -0.322 e. The molecule has 2 aromatic rings. The van der Waals surface area contributed by atoms with Crippen LogP contribution in [0.4, 0.5) is 10.1 Å². The average molecular weight is 279 g/mol. The summed E-state index contributed by atoms with van der Waals surface area (Å²) in [4.78, 5) is 11.9. The van der Waals surface area contributed by atoms with Crippen LogP contribution in [0.1, 0.15) is 11.6 Å². The van der Waals surface area contributed by atoms with Crippen molar-refractivity contribution in [1.82, 2.24) is 0 Å². The van der Waals surface area contributed by atoms with Crippen LogP contribution < -0.4 is 11.1 Å². The van der Waals surface area contributed by atoms with Crippen LogP contribution in [0.2, 0.25) is 5.02 Å². The molecular formula is C14H12ClFN2O. The lowest BCUT2D eigenvalue weighted by Crippen LogP contribution is -2.28. The van der Waals surface area contributed by atoms with Gasteiger partial charge in [0.25, 0.3) is 0 Å². The molecule has 0 radical (unpaired) electrons. The third-order valence-corrected chi connectivity index (χ3v) is 2.87. The van der Waals surface area contributed by atoms with Crippen LogP contribution >= 0.6 is 11.6 Å². The molecule has 0 spiro atoms. The lowest BCUT2D eigenvalue weighted by Gasteiger charge is -2.13. The molecule has 0 aliphatic rings. The molecule has 0 bridgehead atoms. The van der Waals surface area contributed by atoms with Crippen LogP contribution in [-0.2, 0) is 4.79 Å². The lowest BCUT2D eigenvalue weighted by molar-refractivity contribution is -0.117. The van der Waals surface area contributed by atoms with Crippen molar-refractivity contribution in [3.8, 4) is 0 Å². The van der Waals surface area contributed by atoms with Gasteiger partial charge in [-0.15, -0.1) is 0 Å². The standard InChI is InChI=1S/C14H12ClFN2O/c15-10-6-7-12(11(16)8-10)18-14(19)13(17)9-4-2-1-3-5-9/h1-8,13H,17H2,(H,18,19)/t13-/m1/s1. The first-order valence-corrected chi connectivity index (χ1v) is 6.02. The van der Waals surface area contributed by atoms with Crippen LogP contribution in [0, 0.1) is 5.82 Å². The van der Waals surface area contributed by atoms with E-state index in [0.717, 1.165) is 6.07 Å². The molecule has 3 N–H and O–H groups in total. The summed E-state index contributed by atoms with van der Waals surface area (Å²) in [6.45, 7) is 0. The van der Waals surface area contributed by atoms with E-state index in [1.54, 1.807) is 24.3 Å². The molecule has 98 valence electrons. The molecule has 3 nitrogen and oxygen atoms in total. The highest BCUT2D eigenvalue weighted by atomic mass is 35.5. The molecule has 5 heteroatoms. The number of anilines is 1. The molecule has 0 unspecified atom stereocenters. The Kier molecular flexibility index (Phi) is 4.14. The fourth-order valence-corrected chi connectivity index (χ4v) is 1.77. The maximum absolute atomic E-state index is 13.5. The van der Waals surface area contributed by atoms with Gasteiger partial charge in [0.1, 0.15) is 11.9 Å². The van der Waals surface area contributed by atoms with Crippen molar-refractivity contribution in [1.29, 1.82) is 0 Å². The molecule has 0 saturated carbocycles. The molecule has 0 heterocycles. The van der Waals surface area contributed by atoms with E-state index < -0.39 is 17.8 Å². The number of carbonyl (C=O) groups excluding carboxylic acids is 1. The number of amides is 1. The number of nitrogens with two attached hydrogens (primary N) is 1. The van der Waals surface area contributed by atoms with E-state index in [1.165, 1.54) is 12.1 Å². The number of carbonyl (C=O) groups is 1. The fraction of sp³-hybridized carbons (Fsp3) is 0.0714. The zero-order valence-electron chi connectivity index (χ0n) is 9.94. The quantitative estimate of drug-likeness (QED) is 0.906. The van der Waals surface area contributed by atoms with E-state index in [0.29, 0.717) is 5.56 Å². The van der Waals surface area contributed by atoms with Crippen LogP contribution in [-0.4, -0.2) is 5.91 Å². The Bertz CT molecular complexity index is 589. The summed E-state index contributed by atoms with van der Waals surface area (Å²) in [6.07, 6.45) is 0. The van der Waals surface area contributed by atoms with E-state index >= 15 is 0 Å². The van der Waals surface area contributed by atoms with Gasteiger partial charge in [0.05, 0.1) is 5.69 Å². The van der Waals surface area contributed by atoms with E-state index in [9.17, 15) is 9.18 Å². The molecule has 1 atom stereocenters. The predicted octanol–water partition coefficient (Wildman–Crippen LogP) is 3.12. The minimum absolute atomic E-state index is 0.0563. The van der Waals surface area contributed by atoms with Crippen molar-refractivity contribution in [2.75, 3.05) is 5.32 Å². The molecule has 2 rings (SSSR count). The first-order chi connectivity index (χ1) is 9.08. The summed E-state index contributed by atoms with van der Waals surface area (Å²) in [5, 5.41) is 2.70. The van der Waals surface area contributed by atoms with Crippen LogP contribution in [0.25, 0.3) is 0 Å². The van der Waals surface area contributed by atoms with E-state index in [4.69, 9.17) is 17.3 Å². The largest absolute Gasteiger partial charge is 0.322 e. The molecule has 19 heavy (non-hydrogen) atoms. The summed E-state index contributed by atoms with van der Waals surface area (Å²) in [5.41, 5.74) is 6.52. The van der Waals surface area contributed by atoms with Gasteiger partial charge >= 0.3 is 0 Å². The van der Waals surface area contributed by atoms with Crippen LogP contribution in [0.3, 0.4) is 0 Å². The van der Waals surface area contributed by atoms with Crippen molar-refractivity contribution in [2.45, 2.75) is 6.04 Å². The Morgan fingerprint density at radius 2 is 1.89 bits per heavy atom. The summed E-state index contributed by atoms with van der Waals surface area (Å²) in [5.74, 6) is -1.08. The molecule has 0 aliphatic heterocycles. The van der Waals surface area contributed by atoms with Crippen LogP contribution in [0.5, 0.6) is 0 Å². The molecular weight excluding hydrogens is 267 g/mol. The zero-order valence-corrected chi connectivity index (χ0v) is 10.7. The maximum atomic E-state index is 13.5. The van der Waals surface area contributed by atoms with Gasteiger partial charge in [-0.05, 0) is 23.8 Å². The summed E-state index contributed by atoms with van der Waals surface area (Å²) in [6, 6.07) is 12.0. The molecule has 2 aromatic carbocycles. The van der Waals surface area contributed by atoms with Crippen molar-refractivity contribution in [3.05, 3.63) is 64.9 Å². The fourth-order valence-electron chi connectivity index (χ4n) is 1.61. The number of benzene rings is 2. The SMILES string of the molecule is N[C@@H](C(=O)Nc1ccc(Cl)cc1F)c1ccccc1. The topological polar surface area (TPSA) is 55.1 Å². The second-order valence-corrected chi connectivity index (χ2v) is 4.44. The highest BCUT2D eigenvalue weighted by Crippen LogP contribution is 2.20. The van der Waals surface area contributed by atoms with Gasteiger partial charge in [-0.25, -0.2) is 4.39 Å². The van der Waals surface area contributed by atoms with Crippen molar-refractivity contribution in [2.24, 2.45) is 5.73 Å². The number of rotatable bonds is 3. The lowest BCUT2D eigenvalue weighted by atomic mass is 10.1. The van der Waals surface area contributed by atoms with Gasteiger partial charge in [0.15, 0.2) is 0 Å². The second-order valence-electron chi connectivity index (χ2n) is 4.00. The van der Waals surface area contributed by atoms with Crippen molar-refractivity contribution >= 4 is 23.2 Å². The van der Waals surface area contributed by atoms with Gasteiger partial charge in [-0.2, -0.15) is 0 Å². The molecule has 1 amide bonds. The Balaban J connectivity index is 2.13. The van der Waals surface area contributed by atoms with E-state index in [2.05, 4.69) is 5.32 Å². The minimum atomic E-state index is -0.851. The monoisotopic (exact) mass is 278 g/mol. The molecule has 0 fully saturated rings. The van der Waals surface area contributed by atoms with Gasteiger partial charge in [0.2, 0.25) is 5.91 Å². The Morgan fingerprint density at radius 3 is 2.53 bits per heavy atom. The van der Waals surface area contributed by atoms with Gasteiger partial charge < -0.3 is 11.1 Å². The average Bonchev–Trinajstić information content (AvgIpc) is 2.42. The van der Waals surface area contributed by atoms with Crippen molar-refractivity contribution < 1.29 is 9.18 Å². The van der Waals surface area contributed by atoms with E-state index in [1.807, 2.05) is 6.07 Å². The van der Waals surface area contributed by atoms with Gasteiger partial charge in [-0.1, -0.05) is 41.9 Å². The number of nitrogens with one attached hydrogen (secondary N) is 1. The maximum Gasteiger partial charge on any atom is 0.245 e.